The third kappa shape index (κ3) is 6.71. The number of thioether (sulfide) groups is 1. The van der Waals surface area contributed by atoms with Crippen molar-refractivity contribution in [3.8, 4) is 0 Å². The highest BCUT2D eigenvalue weighted by atomic mass is 32.2. The zero-order valence-corrected chi connectivity index (χ0v) is 13.5. The fourth-order valence-electron chi connectivity index (χ4n) is 2.20. The molecule has 0 radical (unpaired) electrons. The highest BCUT2D eigenvalue weighted by Gasteiger charge is 2.18. The Hall–Kier alpha value is -1.43. The lowest BCUT2D eigenvalue weighted by Crippen LogP contribution is -2.30. The van der Waals surface area contributed by atoms with Crippen molar-refractivity contribution < 1.29 is 19.1 Å². The molecule has 0 saturated carbocycles. The second-order valence-corrected chi connectivity index (χ2v) is 6.37. The summed E-state index contributed by atoms with van der Waals surface area (Å²) < 4.78 is 5.43. The highest BCUT2D eigenvalue weighted by molar-refractivity contribution is 7.97. The number of carboxylic acid groups (broad SMARTS) is 1. The molecule has 1 heterocycles. The molecule has 0 unspecified atom stereocenters. The maximum atomic E-state index is 12.0. The molecule has 5 nitrogen and oxygen atoms in total. The number of nitrogens with one attached hydrogen (secondary N) is 1. The van der Waals surface area contributed by atoms with Crippen LogP contribution in [0.5, 0.6) is 0 Å². The van der Waals surface area contributed by atoms with Crippen LogP contribution < -0.4 is 5.32 Å². The van der Waals surface area contributed by atoms with Gasteiger partial charge >= 0.3 is 5.97 Å². The SMILES string of the molecule is CSCc1ccc(C(=O)NC[C@H](CC(=O)O)CC(C)C)o1. The molecule has 1 aromatic rings. The van der Waals surface area contributed by atoms with Crippen molar-refractivity contribution in [1.82, 2.24) is 5.32 Å². The van der Waals surface area contributed by atoms with E-state index in [-0.39, 0.29) is 24.0 Å². The minimum Gasteiger partial charge on any atom is -0.481 e. The van der Waals surface area contributed by atoms with Crippen molar-refractivity contribution in [2.75, 3.05) is 12.8 Å². The number of rotatable bonds is 9. The summed E-state index contributed by atoms with van der Waals surface area (Å²) >= 11 is 1.62. The largest absolute Gasteiger partial charge is 0.481 e. The van der Waals surface area contributed by atoms with Crippen LogP contribution in [0, 0.1) is 11.8 Å². The second-order valence-electron chi connectivity index (χ2n) is 5.50. The van der Waals surface area contributed by atoms with Gasteiger partial charge in [0.25, 0.3) is 5.91 Å². The van der Waals surface area contributed by atoms with Gasteiger partial charge in [0.15, 0.2) is 5.76 Å². The number of carbonyl (C=O) groups excluding carboxylic acids is 1. The first-order valence-corrected chi connectivity index (χ1v) is 8.39. The Morgan fingerprint density at radius 2 is 2.10 bits per heavy atom. The van der Waals surface area contributed by atoms with Crippen LogP contribution in [-0.2, 0) is 10.5 Å². The molecular weight excluding hydrogens is 290 g/mol. The van der Waals surface area contributed by atoms with Crippen LogP contribution in [0.2, 0.25) is 0 Å². The summed E-state index contributed by atoms with van der Waals surface area (Å²) in [6, 6.07) is 3.43. The summed E-state index contributed by atoms with van der Waals surface area (Å²) in [6.07, 6.45) is 2.79. The summed E-state index contributed by atoms with van der Waals surface area (Å²) in [5.74, 6) is 0.962. The van der Waals surface area contributed by atoms with E-state index in [2.05, 4.69) is 5.32 Å². The Morgan fingerprint density at radius 1 is 1.38 bits per heavy atom. The number of hydrogen-bond acceptors (Lipinski definition) is 4. The van der Waals surface area contributed by atoms with Crippen LogP contribution >= 0.6 is 11.8 Å². The van der Waals surface area contributed by atoms with Crippen molar-refractivity contribution in [3.05, 3.63) is 23.7 Å². The van der Waals surface area contributed by atoms with Crippen molar-refractivity contribution in [1.29, 1.82) is 0 Å². The predicted octanol–water partition coefficient (Wildman–Crippen LogP) is 3.01. The number of furan rings is 1. The van der Waals surface area contributed by atoms with E-state index in [0.29, 0.717) is 12.5 Å². The molecule has 2 N–H and O–H groups in total. The molecule has 0 spiro atoms. The van der Waals surface area contributed by atoms with E-state index >= 15 is 0 Å². The standard InChI is InChI=1S/C15H23NO4S/c1-10(2)6-11(7-14(17)18)8-16-15(19)13-5-4-12(20-13)9-21-3/h4-5,10-11H,6-9H2,1-3H3,(H,16,19)(H,17,18)/t11-/m0/s1. The molecule has 1 rings (SSSR count). The van der Waals surface area contributed by atoms with E-state index in [1.165, 1.54) is 0 Å². The third-order valence-electron chi connectivity index (χ3n) is 2.99. The number of carbonyl (C=O) groups is 2. The lowest BCUT2D eigenvalue weighted by atomic mass is 9.94. The van der Waals surface area contributed by atoms with Gasteiger partial charge in [-0.2, -0.15) is 11.8 Å². The first-order chi connectivity index (χ1) is 9.92. The van der Waals surface area contributed by atoms with Gasteiger partial charge in [0.2, 0.25) is 0 Å². The molecule has 0 aliphatic carbocycles. The second kappa shape index (κ2) is 8.77. The van der Waals surface area contributed by atoms with Gasteiger partial charge in [0.05, 0.1) is 5.75 Å². The van der Waals surface area contributed by atoms with Crippen molar-refractivity contribution in [3.63, 3.8) is 0 Å². The van der Waals surface area contributed by atoms with Gasteiger partial charge in [-0.05, 0) is 36.6 Å². The molecule has 0 aliphatic heterocycles. The van der Waals surface area contributed by atoms with Gasteiger partial charge in [-0.15, -0.1) is 0 Å². The first kappa shape index (κ1) is 17.6. The maximum Gasteiger partial charge on any atom is 0.303 e. The molecule has 0 saturated heterocycles. The summed E-state index contributed by atoms with van der Waals surface area (Å²) in [4.78, 5) is 22.8. The Kier molecular flexibility index (Phi) is 7.36. The topological polar surface area (TPSA) is 79.5 Å². The normalized spacial score (nSPS) is 12.4. The molecule has 21 heavy (non-hydrogen) atoms. The van der Waals surface area contributed by atoms with Gasteiger partial charge in [-0.3, -0.25) is 9.59 Å². The van der Waals surface area contributed by atoms with Crippen LogP contribution in [0.4, 0.5) is 0 Å². The fraction of sp³-hybridized carbons (Fsp3) is 0.600. The zero-order valence-electron chi connectivity index (χ0n) is 12.7. The van der Waals surface area contributed by atoms with Crippen molar-refractivity contribution in [2.24, 2.45) is 11.8 Å². The molecule has 0 fully saturated rings. The first-order valence-electron chi connectivity index (χ1n) is 7.00. The van der Waals surface area contributed by atoms with Gasteiger partial charge in [0.1, 0.15) is 5.76 Å². The van der Waals surface area contributed by atoms with Gasteiger partial charge in [-0.1, -0.05) is 13.8 Å². The average molecular weight is 313 g/mol. The molecule has 1 amide bonds. The fourth-order valence-corrected chi connectivity index (χ4v) is 2.64. The molecule has 0 aliphatic rings. The van der Waals surface area contributed by atoms with Gasteiger partial charge in [0, 0.05) is 13.0 Å². The minimum absolute atomic E-state index is 0.0629. The zero-order chi connectivity index (χ0) is 15.8. The van der Waals surface area contributed by atoms with Crippen molar-refractivity contribution >= 4 is 23.6 Å². The van der Waals surface area contributed by atoms with E-state index < -0.39 is 5.97 Å². The monoisotopic (exact) mass is 313 g/mol. The minimum atomic E-state index is -0.838. The van der Waals surface area contributed by atoms with Crippen LogP contribution in [-0.4, -0.2) is 29.8 Å². The average Bonchev–Trinajstić information content (AvgIpc) is 2.83. The maximum absolute atomic E-state index is 12.0. The number of aliphatic carboxylic acids is 1. The predicted molar refractivity (Wildman–Crippen MR) is 83.5 cm³/mol. The van der Waals surface area contributed by atoms with Crippen LogP contribution in [0.3, 0.4) is 0 Å². The Bertz CT molecular complexity index is 470. The quantitative estimate of drug-likeness (QED) is 0.732. The Morgan fingerprint density at radius 3 is 2.67 bits per heavy atom. The summed E-state index contributed by atoms with van der Waals surface area (Å²) in [7, 11) is 0. The molecule has 6 heteroatoms. The molecule has 1 atom stereocenters. The molecule has 1 aromatic heterocycles. The lowest BCUT2D eigenvalue weighted by molar-refractivity contribution is -0.138. The van der Waals surface area contributed by atoms with Crippen LogP contribution in [0.25, 0.3) is 0 Å². The Labute approximate surface area is 129 Å². The highest BCUT2D eigenvalue weighted by Crippen LogP contribution is 2.16. The van der Waals surface area contributed by atoms with Gasteiger partial charge < -0.3 is 14.8 Å². The summed E-state index contributed by atoms with van der Waals surface area (Å²) in [6.45, 7) is 4.43. The van der Waals surface area contributed by atoms with E-state index in [0.717, 1.165) is 17.9 Å². The van der Waals surface area contributed by atoms with E-state index in [9.17, 15) is 9.59 Å². The van der Waals surface area contributed by atoms with E-state index in [4.69, 9.17) is 9.52 Å². The Balaban J connectivity index is 2.52. The summed E-state index contributed by atoms with van der Waals surface area (Å²) in [5.41, 5.74) is 0. The lowest BCUT2D eigenvalue weighted by Gasteiger charge is -2.17. The number of hydrogen-bond donors (Lipinski definition) is 2. The summed E-state index contributed by atoms with van der Waals surface area (Å²) in [5, 5.41) is 11.7. The molecule has 0 aromatic carbocycles. The molecule has 0 bridgehead atoms. The van der Waals surface area contributed by atoms with E-state index in [1.807, 2.05) is 20.1 Å². The molecular formula is C15H23NO4S. The van der Waals surface area contributed by atoms with E-state index in [1.54, 1.807) is 23.9 Å². The number of carboxylic acids is 1. The van der Waals surface area contributed by atoms with Gasteiger partial charge in [-0.25, -0.2) is 0 Å². The number of amides is 1. The van der Waals surface area contributed by atoms with Crippen LogP contribution in [0.15, 0.2) is 16.5 Å². The van der Waals surface area contributed by atoms with Crippen LogP contribution in [0.1, 0.15) is 43.0 Å². The van der Waals surface area contributed by atoms with Crippen molar-refractivity contribution in [2.45, 2.75) is 32.4 Å². The smallest absolute Gasteiger partial charge is 0.303 e. The third-order valence-corrected chi connectivity index (χ3v) is 3.56. The molecule has 118 valence electrons.